The molecule has 2 atom stereocenters. The molecule has 0 spiro atoms. The Balaban J connectivity index is 1.67. The molecule has 1 aromatic rings. The Hall–Kier alpha value is -2.04. The second kappa shape index (κ2) is 6.83. The Morgan fingerprint density at radius 3 is 2.67 bits per heavy atom. The molecule has 1 fully saturated rings. The number of anilines is 1. The monoisotopic (exact) mass is 330 g/mol. The minimum Gasteiger partial charge on any atom is -0.482 e. The molecular weight excluding hydrogens is 304 g/mol. The Labute approximate surface area is 143 Å². The molecule has 1 aromatic carbocycles. The van der Waals surface area contributed by atoms with Gasteiger partial charge in [-0.25, -0.2) is 0 Å². The number of hydrogen-bond acceptors (Lipinski definition) is 3. The summed E-state index contributed by atoms with van der Waals surface area (Å²) in [5.74, 6) is 1.87. The normalized spacial score (nSPS) is 23.7. The van der Waals surface area contributed by atoms with Crippen LogP contribution in [0.4, 0.5) is 5.69 Å². The predicted molar refractivity (Wildman–Crippen MR) is 93.2 cm³/mol. The van der Waals surface area contributed by atoms with E-state index in [1.165, 1.54) is 6.42 Å². The molecule has 1 saturated heterocycles. The number of hydrogen-bond donors (Lipinski definition) is 0. The van der Waals surface area contributed by atoms with E-state index in [0.29, 0.717) is 30.6 Å². The van der Waals surface area contributed by atoms with Gasteiger partial charge in [0.1, 0.15) is 5.75 Å². The molecule has 2 amide bonds. The molecule has 0 aromatic heterocycles. The molecule has 3 rings (SSSR count). The van der Waals surface area contributed by atoms with E-state index in [1.54, 1.807) is 4.90 Å². The molecule has 2 heterocycles. The van der Waals surface area contributed by atoms with Crippen LogP contribution in [0.3, 0.4) is 0 Å². The van der Waals surface area contributed by atoms with Gasteiger partial charge in [0.15, 0.2) is 6.61 Å². The van der Waals surface area contributed by atoms with Crippen molar-refractivity contribution in [2.75, 3.05) is 31.1 Å². The number of nitrogens with zero attached hydrogens (tertiary/aromatic N) is 2. The summed E-state index contributed by atoms with van der Waals surface area (Å²) in [5, 5.41) is 0. The maximum absolute atomic E-state index is 12.6. The maximum Gasteiger partial charge on any atom is 0.265 e. The molecule has 0 bridgehead atoms. The van der Waals surface area contributed by atoms with Gasteiger partial charge in [-0.1, -0.05) is 19.9 Å². The molecule has 24 heavy (non-hydrogen) atoms. The highest BCUT2D eigenvalue weighted by atomic mass is 16.5. The summed E-state index contributed by atoms with van der Waals surface area (Å²) in [7, 11) is 0. The van der Waals surface area contributed by atoms with Crippen LogP contribution in [0.1, 0.15) is 32.3 Å². The van der Waals surface area contributed by atoms with Crippen LogP contribution >= 0.6 is 0 Å². The van der Waals surface area contributed by atoms with Gasteiger partial charge in [0.05, 0.1) is 5.69 Å². The highest BCUT2D eigenvalue weighted by Crippen LogP contribution is 2.33. The Morgan fingerprint density at radius 1 is 1.25 bits per heavy atom. The van der Waals surface area contributed by atoms with E-state index < -0.39 is 0 Å². The number of rotatable bonds is 3. The van der Waals surface area contributed by atoms with Crippen LogP contribution in [0.5, 0.6) is 5.75 Å². The van der Waals surface area contributed by atoms with E-state index in [1.807, 2.05) is 30.0 Å². The number of amides is 2. The number of carbonyl (C=O) groups excluding carboxylic acids is 2. The zero-order chi connectivity index (χ0) is 17.3. The third-order valence-corrected chi connectivity index (χ3v) is 4.83. The largest absolute Gasteiger partial charge is 0.482 e. The molecule has 2 unspecified atom stereocenters. The molecule has 5 heteroatoms. The molecule has 2 aliphatic heterocycles. The lowest BCUT2D eigenvalue weighted by atomic mass is 9.92. The fraction of sp³-hybridized carbons (Fsp3) is 0.579. The third kappa shape index (κ3) is 3.55. The van der Waals surface area contributed by atoms with Crippen LogP contribution in [0.2, 0.25) is 0 Å². The van der Waals surface area contributed by atoms with Crippen molar-refractivity contribution < 1.29 is 14.3 Å². The van der Waals surface area contributed by atoms with Crippen molar-refractivity contribution in [2.45, 2.75) is 33.6 Å². The summed E-state index contributed by atoms with van der Waals surface area (Å²) in [6.45, 7) is 8.49. The van der Waals surface area contributed by atoms with E-state index >= 15 is 0 Å². The molecule has 0 saturated carbocycles. The number of aryl methyl sites for hydroxylation is 1. The third-order valence-electron chi connectivity index (χ3n) is 4.83. The van der Waals surface area contributed by atoms with E-state index in [2.05, 4.69) is 13.8 Å². The number of benzene rings is 1. The second-order valence-corrected chi connectivity index (χ2v) is 7.30. The van der Waals surface area contributed by atoms with Gasteiger partial charge in [-0.3, -0.25) is 9.59 Å². The fourth-order valence-electron chi connectivity index (χ4n) is 3.79. The van der Waals surface area contributed by atoms with Crippen LogP contribution in [-0.2, 0) is 9.59 Å². The van der Waals surface area contributed by atoms with Gasteiger partial charge < -0.3 is 14.5 Å². The molecular formula is C19H26N2O3. The highest BCUT2D eigenvalue weighted by Gasteiger charge is 2.29. The van der Waals surface area contributed by atoms with Crippen molar-refractivity contribution in [3.05, 3.63) is 23.8 Å². The molecule has 2 aliphatic rings. The average molecular weight is 330 g/mol. The summed E-state index contributed by atoms with van der Waals surface area (Å²) >= 11 is 0. The first-order valence-corrected chi connectivity index (χ1v) is 8.75. The van der Waals surface area contributed by atoms with Crippen molar-refractivity contribution in [3.8, 4) is 5.75 Å². The van der Waals surface area contributed by atoms with Gasteiger partial charge in [-0.05, 0) is 42.9 Å². The van der Waals surface area contributed by atoms with Gasteiger partial charge in [-0.15, -0.1) is 0 Å². The average Bonchev–Trinajstić information content (AvgIpc) is 2.52. The van der Waals surface area contributed by atoms with Gasteiger partial charge in [0, 0.05) is 26.1 Å². The Kier molecular flexibility index (Phi) is 4.78. The summed E-state index contributed by atoms with van der Waals surface area (Å²) in [6, 6.07) is 5.80. The molecule has 130 valence electrons. The zero-order valence-electron chi connectivity index (χ0n) is 14.7. The first-order chi connectivity index (χ1) is 11.4. The lowest BCUT2D eigenvalue weighted by Gasteiger charge is -2.36. The second-order valence-electron chi connectivity index (χ2n) is 7.30. The summed E-state index contributed by atoms with van der Waals surface area (Å²) < 4.78 is 5.49. The minimum absolute atomic E-state index is 0.0437. The minimum atomic E-state index is -0.0821. The van der Waals surface area contributed by atoms with Crippen molar-refractivity contribution in [2.24, 2.45) is 11.8 Å². The number of fused-ring (bicyclic) bond motifs is 1. The topological polar surface area (TPSA) is 49.9 Å². The van der Waals surface area contributed by atoms with Crippen LogP contribution < -0.4 is 9.64 Å². The van der Waals surface area contributed by atoms with E-state index in [-0.39, 0.29) is 18.4 Å². The van der Waals surface area contributed by atoms with E-state index in [0.717, 1.165) is 24.3 Å². The zero-order valence-corrected chi connectivity index (χ0v) is 14.7. The van der Waals surface area contributed by atoms with Gasteiger partial charge in [0.2, 0.25) is 5.91 Å². The standard InChI is InChI=1S/C19H26N2O3/c1-13-4-5-17-16(9-13)21(19(23)12-24-17)7-6-18(22)20-10-14(2)8-15(3)11-20/h4-5,9,14-15H,6-8,10-12H2,1-3H3. The maximum atomic E-state index is 12.6. The van der Waals surface area contributed by atoms with Gasteiger partial charge in [-0.2, -0.15) is 0 Å². The lowest BCUT2D eigenvalue weighted by molar-refractivity contribution is -0.133. The summed E-state index contributed by atoms with van der Waals surface area (Å²) in [6.07, 6.45) is 1.54. The van der Waals surface area contributed by atoms with Crippen molar-refractivity contribution in [1.29, 1.82) is 0 Å². The number of carbonyl (C=O) groups is 2. The van der Waals surface area contributed by atoms with Crippen LogP contribution in [0.15, 0.2) is 18.2 Å². The number of piperidine rings is 1. The first-order valence-electron chi connectivity index (χ1n) is 8.75. The van der Waals surface area contributed by atoms with Crippen LogP contribution in [-0.4, -0.2) is 43.0 Å². The fourth-order valence-corrected chi connectivity index (χ4v) is 3.79. The molecule has 0 aliphatic carbocycles. The van der Waals surface area contributed by atoms with Gasteiger partial charge >= 0.3 is 0 Å². The Morgan fingerprint density at radius 2 is 1.96 bits per heavy atom. The first kappa shape index (κ1) is 16.8. The summed E-state index contributed by atoms with van der Waals surface area (Å²) in [4.78, 5) is 28.5. The lowest BCUT2D eigenvalue weighted by Crippen LogP contribution is -2.45. The molecule has 0 radical (unpaired) electrons. The van der Waals surface area contributed by atoms with Crippen LogP contribution in [0, 0.1) is 18.8 Å². The van der Waals surface area contributed by atoms with Crippen molar-refractivity contribution in [3.63, 3.8) is 0 Å². The summed E-state index contributed by atoms with van der Waals surface area (Å²) in [5.41, 5.74) is 1.85. The van der Waals surface area contributed by atoms with Crippen molar-refractivity contribution >= 4 is 17.5 Å². The van der Waals surface area contributed by atoms with E-state index in [4.69, 9.17) is 4.74 Å². The molecule has 0 N–H and O–H groups in total. The Bertz CT molecular complexity index is 633. The number of likely N-dealkylation sites (tertiary alicyclic amines) is 1. The SMILES string of the molecule is Cc1ccc2c(c1)N(CCC(=O)N1CC(C)CC(C)C1)C(=O)CO2. The van der Waals surface area contributed by atoms with Gasteiger partial charge in [0.25, 0.3) is 5.91 Å². The smallest absolute Gasteiger partial charge is 0.265 e. The van der Waals surface area contributed by atoms with Crippen molar-refractivity contribution in [1.82, 2.24) is 4.90 Å². The van der Waals surface area contributed by atoms with Crippen LogP contribution in [0.25, 0.3) is 0 Å². The van der Waals surface area contributed by atoms with E-state index in [9.17, 15) is 9.59 Å². The number of ether oxygens (including phenoxy) is 1. The molecule has 5 nitrogen and oxygen atoms in total. The highest BCUT2D eigenvalue weighted by molar-refractivity contribution is 5.98. The predicted octanol–water partition coefficient (Wildman–Crippen LogP) is 2.62. The quantitative estimate of drug-likeness (QED) is 0.856.